The number of piperidine rings is 1. The van der Waals surface area contributed by atoms with Gasteiger partial charge in [0.25, 0.3) is 0 Å². The lowest BCUT2D eigenvalue weighted by atomic mass is 9.91. The van der Waals surface area contributed by atoms with Crippen molar-refractivity contribution in [1.29, 1.82) is 0 Å². The third kappa shape index (κ3) is 6.20. The third-order valence-corrected chi connectivity index (χ3v) is 4.15. The highest BCUT2D eigenvalue weighted by molar-refractivity contribution is 5.68. The van der Waals surface area contributed by atoms with Crippen LogP contribution >= 0.6 is 0 Å². The molecule has 0 saturated carbocycles. The Balaban J connectivity index is 1.84. The quantitative estimate of drug-likeness (QED) is 0.801. The van der Waals surface area contributed by atoms with Gasteiger partial charge in [-0.1, -0.05) is 37.3 Å². The number of amides is 1. The van der Waals surface area contributed by atoms with Crippen molar-refractivity contribution >= 4 is 12.1 Å². The number of alkyl carbamates (subject to hydrolysis) is 1. The fourth-order valence-corrected chi connectivity index (χ4v) is 3.23. The highest BCUT2D eigenvalue weighted by Crippen LogP contribution is 2.20. The Morgan fingerprint density at radius 3 is 2.71 bits per heavy atom. The Morgan fingerprint density at radius 2 is 2.04 bits per heavy atom. The molecule has 0 bridgehead atoms. The summed E-state index contributed by atoms with van der Waals surface area (Å²) in [5, 5.41) is 11.9. The molecule has 1 aliphatic rings. The van der Waals surface area contributed by atoms with E-state index in [-0.39, 0.29) is 25.0 Å². The van der Waals surface area contributed by atoms with E-state index in [1.165, 1.54) is 0 Å². The average molecular weight is 334 g/mol. The Labute approximate surface area is 142 Å². The van der Waals surface area contributed by atoms with Crippen LogP contribution in [-0.4, -0.2) is 47.7 Å². The van der Waals surface area contributed by atoms with Crippen LogP contribution in [0.5, 0.6) is 0 Å². The van der Waals surface area contributed by atoms with E-state index in [4.69, 9.17) is 9.84 Å². The molecule has 1 aromatic carbocycles. The van der Waals surface area contributed by atoms with Gasteiger partial charge in [0.05, 0.1) is 0 Å². The van der Waals surface area contributed by atoms with E-state index in [0.717, 1.165) is 31.6 Å². The summed E-state index contributed by atoms with van der Waals surface area (Å²) in [6, 6.07) is 9.45. The molecule has 1 aromatic rings. The van der Waals surface area contributed by atoms with Crippen molar-refractivity contribution in [3.8, 4) is 0 Å². The van der Waals surface area contributed by atoms with Crippen LogP contribution in [0.4, 0.5) is 4.79 Å². The second-order valence-electron chi connectivity index (χ2n) is 6.36. The molecule has 1 saturated heterocycles. The summed E-state index contributed by atoms with van der Waals surface area (Å²) in [6.07, 6.45) is 1.37. The van der Waals surface area contributed by atoms with Crippen LogP contribution in [0, 0.1) is 5.92 Å². The molecule has 6 heteroatoms. The first-order chi connectivity index (χ1) is 11.6. The number of carboxylic acids is 1. The molecule has 1 amide bonds. The molecular weight excluding hydrogens is 308 g/mol. The van der Waals surface area contributed by atoms with Gasteiger partial charge in [-0.15, -0.1) is 0 Å². The normalized spacial score (nSPS) is 21.2. The zero-order valence-electron chi connectivity index (χ0n) is 14.1. The standard InChI is InChI=1S/C18H26N2O4/c1-2-8-20-11-15(10-17(21)22)9-16(12-20)19-18(23)24-13-14-6-4-3-5-7-14/h3-7,15-16H,2,8-13H2,1H3,(H,19,23)(H,21,22). The largest absolute Gasteiger partial charge is 0.481 e. The molecule has 1 heterocycles. The van der Waals surface area contributed by atoms with Crippen molar-refractivity contribution in [3.63, 3.8) is 0 Å². The van der Waals surface area contributed by atoms with Crippen molar-refractivity contribution < 1.29 is 19.4 Å². The molecule has 0 aliphatic carbocycles. The van der Waals surface area contributed by atoms with Crippen LogP contribution in [0.2, 0.25) is 0 Å². The molecule has 132 valence electrons. The summed E-state index contributed by atoms with van der Waals surface area (Å²) in [4.78, 5) is 25.2. The minimum Gasteiger partial charge on any atom is -0.481 e. The molecule has 0 radical (unpaired) electrons. The minimum atomic E-state index is -0.788. The second kappa shape index (κ2) is 9.27. The molecule has 2 N–H and O–H groups in total. The third-order valence-electron chi connectivity index (χ3n) is 4.15. The Morgan fingerprint density at radius 1 is 1.29 bits per heavy atom. The lowest BCUT2D eigenvalue weighted by molar-refractivity contribution is -0.138. The van der Waals surface area contributed by atoms with Crippen LogP contribution < -0.4 is 5.32 Å². The number of nitrogens with one attached hydrogen (secondary N) is 1. The maximum atomic E-state index is 12.0. The molecule has 24 heavy (non-hydrogen) atoms. The first-order valence-corrected chi connectivity index (χ1v) is 8.48. The fraction of sp³-hybridized carbons (Fsp3) is 0.556. The number of hydrogen-bond donors (Lipinski definition) is 2. The van der Waals surface area contributed by atoms with Gasteiger partial charge in [-0.2, -0.15) is 0 Å². The summed E-state index contributed by atoms with van der Waals surface area (Å²) in [7, 11) is 0. The van der Waals surface area contributed by atoms with Crippen LogP contribution in [0.25, 0.3) is 0 Å². The molecule has 2 unspecified atom stereocenters. The first-order valence-electron chi connectivity index (χ1n) is 8.48. The van der Waals surface area contributed by atoms with E-state index < -0.39 is 12.1 Å². The molecular formula is C18H26N2O4. The van der Waals surface area contributed by atoms with Gasteiger partial charge >= 0.3 is 12.1 Å². The molecule has 1 aliphatic heterocycles. The fourth-order valence-electron chi connectivity index (χ4n) is 3.23. The van der Waals surface area contributed by atoms with Gasteiger partial charge in [0.15, 0.2) is 0 Å². The van der Waals surface area contributed by atoms with E-state index in [0.29, 0.717) is 6.42 Å². The summed E-state index contributed by atoms with van der Waals surface area (Å²) in [5.41, 5.74) is 0.938. The molecule has 6 nitrogen and oxygen atoms in total. The van der Waals surface area contributed by atoms with Crippen molar-refractivity contribution in [3.05, 3.63) is 35.9 Å². The van der Waals surface area contributed by atoms with Gasteiger partial charge < -0.3 is 20.1 Å². The molecule has 0 spiro atoms. The maximum absolute atomic E-state index is 12.0. The smallest absolute Gasteiger partial charge is 0.407 e. The van der Waals surface area contributed by atoms with E-state index in [9.17, 15) is 9.59 Å². The SMILES string of the molecule is CCCN1CC(CC(=O)O)CC(NC(=O)OCc2ccccc2)C1. The number of carboxylic acid groups (broad SMARTS) is 1. The molecule has 1 fully saturated rings. The minimum absolute atomic E-state index is 0.0576. The van der Waals surface area contributed by atoms with Crippen LogP contribution in [0.3, 0.4) is 0 Å². The summed E-state index contributed by atoms with van der Waals surface area (Å²) < 4.78 is 5.26. The van der Waals surface area contributed by atoms with Gasteiger partial charge in [-0.25, -0.2) is 4.79 Å². The van der Waals surface area contributed by atoms with E-state index >= 15 is 0 Å². The van der Waals surface area contributed by atoms with Crippen molar-refractivity contribution in [2.75, 3.05) is 19.6 Å². The van der Waals surface area contributed by atoms with Crippen LogP contribution in [-0.2, 0) is 16.1 Å². The number of carbonyl (C=O) groups is 2. The molecule has 2 atom stereocenters. The van der Waals surface area contributed by atoms with Gasteiger partial charge in [0.1, 0.15) is 6.61 Å². The van der Waals surface area contributed by atoms with Gasteiger partial charge in [-0.3, -0.25) is 4.79 Å². The van der Waals surface area contributed by atoms with Crippen molar-refractivity contribution in [2.24, 2.45) is 5.92 Å². The van der Waals surface area contributed by atoms with E-state index in [1.807, 2.05) is 30.3 Å². The average Bonchev–Trinajstić information content (AvgIpc) is 2.53. The monoisotopic (exact) mass is 334 g/mol. The zero-order chi connectivity index (χ0) is 17.4. The maximum Gasteiger partial charge on any atom is 0.407 e. The number of benzene rings is 1. The lowest BCUT2D eigenvalue weighted by Crippen LogP contribution is -2.51. The number of rotatable bonds is 7. The van der Waals surface area contributed by atoms with Crippen molar-refractivity contribution in [1.82, 2.24) is 10.2 Å². The van der Waals surface area contributed by atoms with Crippen LogP contribution in [0.15, 0.2) is 30.3 Å². The highest BCUT2D eigenvalue weighted by atomic mass is 16.5. The van der Waals surface area contributed by atoms with Gasteiger partial charge in [0.2, 0.25) is 0 Å². The Bertz CT molecular complexity index is 535. The number of aliphatic carboxylic acids is 1. The Hall–Kier alpha value is -2.08. The number of likely N-dealkylation sites (tertiary alicyclic amines) is 1. The number of ether oxygens (including phenoxy) is 1. The van der Waals surface area contributed by atoms with Gasteiger partial charge in [-0.05, 0) is 30.9 Å². The van der Waals surface area contributed by atoms with Gasteiger partial charge in [0, 0.05) is 25.6 Å². The number of carbonyl (C=O) groups excluding carboxylic acids is 1. The number of hydrogen-bond acceptors (Lipinski definition) is 4. The predicted octanol–water partition coefficient (Wildman–Crippen LogP) is 2.49. The second-order valence-corrected chi connectivity index (χ2v) is 6.36. The molecule has 2 rings (SSSR count). The van der Waals surface area contributed by atoms with E-state index in [1.54, 1.807) is 0 Å². The lowest BCUT2D eigenvalue weighted by Gasteiger charge is -2.37. The predicted molar refractivity (Wildman–Crippen MR) is 90.6 cm³/mol. The summed E-state index contributed by atoms with van der Waals surface area (Å²) in [5.74, 6) is -0.731. The number of nitrogens with zero attached hydrogens (tertiary/aromatic N) is 1. The van der Waals surface area contributed by atoms with E-state index in [2.05, 4.69) is 17.1 Å². The molecule has 0 aromatic heterocycles. The Kier molecular flexibility index (Phi) is 7.06. The summed E-state index contributed by atoms with van der Waals surface area (Å²) >= 11 is 0. The van der Waals surface area contributed by atoms with Crippen molar-refractivity contribution in [2.45, 2.75) is 38.8 Å². The van der Waals surface area contributed by atoms with Crippen LogP contribution in [0.1, 0.15) is 31.7 Å². The topological polar surface area (TPSA) is 78.9 Å². The summed E-state index contributed by atoms with van der Waals surface area (Å²) in [6.45, 7) is 4.75. The first kappa shape index (κ1) is 18.3. The zero-order valence-corrected chi connectivity index (χ0v) is 14.1. The highest BCUT2D eigenvalue weighted by Gasteiger charge is 2.29.